The van der Waals surface area contributed by atoms with Crippen LogP contribution >= 0.6 is 0 Å². The van der Waals surface area contributed by atoms with Crippen LogP contribution < -0.4 is 10.2 Å². The van der Waals surface area contributed by atoms with Crippen molar-refractivity contribution in [3.63, 3.8) is 0 Å². The van der Waals surface area contributed by atoms with Crippen molar-refractivity contribution < 1.29 is 9.59 Å². The van der Waals surface area contributed by atoms with Crippen molar-refractivity contribution in [2.24, 2.45) is 5.92 Å². The largest absolute Gasteiger partial charge is 0.326 e. The number of hydrogen-bond donors (Lipinski definition) is 1. The molecule has 26 heavy (non-hydrogen) atoms. The van der Waals surface area contributed by atoms with Crippen LogP contribution in [0, 0.1) is 19.8 Å². The maximum atomic E-state index is 12.8. The molecule has 0 aromatic heterocycles. The Hall–Kier alpha value is -2.62. The van der Waals surface area contributed by atoms with Crippen molar-refractivity contribution >= 4 is 23.2 Å². The van der Waals surface area contributed by atoms with Crippen LogP contribution in [0.15, 0.2) is 42.5 Å². The molecule has 0 bridgehead atoms. The highest BCUT2D eigenvalue weighted by Gasteiger charge is 2.36. The van der Waals surface area contributed by atoms with Crippen LogP contribution in [-0.4, -0.2) is 18.4 Å². The van der Waals surface area contributed by atoms with Crippen LogP contribution in [0.4, 0.5) is 11.4 Å². The average molecular weight is 350 g/mol. The number of carbonyl (C=O) groups excluding carboxylic acids is 2. The van der Waals surface area contributed by atoms with E-state index >= 15 is 0 Å². The van der Waals surface area contributed by atoms with E-state index in [4.69, 9.17) is 0 Å². The summed E-state index contributed by atoms with van der Waals surface area (Å²) in [6.45, 7) is 8.64. The number of para-hydroxylation sites is 2. The first-order valence-corrected chi connectivity index (χ1v) is 9.15. The van der Waals surface area contributed by atoms with E-state index in [2.05, 4.69) is 19.2 Å². The number of aryl methyl sites for hydroxylation is 2. The van der Waals surface area contributed by atoms with E-state index in [0.717, 1.165) is 28.1 Å². The van der Waals surface area contributed by atoms with Gasteiger partial charge in [-0.2, -0.15) is 0 Å². The second-order valence-electron chi connectivity index (χ2n) is 7.38. The third-order valence-corrected chi connectivity index (χ3v) is 5.05. The summed E-state index contributed by atoms with van der Waals surface area (Å²) in [6.07, 6.45) is 0.253. The Labute approximate surface area is 155 Å². The Morgan fingerprint density at radius 3 is 2.38 bits per heavy atom. The molecule has 0 radical (unpaired) electrons. The minimum atomic E-state index is -0.332. The zero-order valence-electron chi connectivity index (χ0n) is 15.9. The third kappa shape index (κ3) is 3.50. The van der Waals surface area contributed by atoms with Crippen molar-refractivity contribution in [3.05, 3.63) is 59.2 Å². The van der Waals surface area contributed by atoms with Gasteiger partial charge in [0.25, 0.3) is 0 Å². The average Bonchev–Trinajstić information content (AvgIpc) is 2.97. The van der Waals surface area contributed by atoms with E-state index in [1.54, 1.807) is 4.90 Å². The van der Waals surface area contributed by atoms with Gasteiger partial charge >= 0.3 is 0 Å². The van der Waals surface area contributed by atoms with Gasteiger partial charge in [0, 0.05) is 24.3 Å². The fourth-order valence-electron chi connectivity index (χ4n) is 3.68. The Kier molecular flexibility index (Phi) is 5.12. The van der Waals surface area contributed by atoms with Crippen LogP contribution in [0.2, 0.25) is 0 Å². The van der Waals surface area contributed by atoms with Crippen molar-refractivity contribution in [1.82, 2.24) is 0 Å². The summed E-state index contributed by atoms with van der Waals surface area (Å²) in [7, 11) is 0. The molecule has 2 aromatic rings. The van der Waals surface area contributed by atoms with Gasteiger partial charge in [-0.1, -0.05) is 50.2 Å². The van der Waals surface area contributed by atoms with E-state index in [9.17, 15) is 9.59 Å². The lowest BCUT2D eigenvalue weighted by Gasteiger charge is -2.21. The van der Waals surface area contributed by atoms with E-state index in [1.807, 2.05) is 56.3 Å². The van der Waals surface area contributed by atoms with Crippen molar-refractivity contribution in [2.45, 2.75) is 40.0 Å². The second-order valence-corrected chi connectivity index (χ2v) is 7.38. The van der Waals surface area contributed by atoms with Gasteiger partial charge in [-0.3, -0.25) is 9.59 Å². The van der Waals surface area contributed by atoms with E-state index < -0.39 is 0 Å². The SMILES string of the molecule is Cc1cccc(C)c1N1CC(C(=O)Nc2ccccc2C(C)C)CC1=O. The lowest BCUT2D eigenvalue weighted by Crippen LogP contribution is -2.29. The van der Waals surface area contributed by atoms with E-state index in [0.29, 0.717) is 12.5 Å². The highest BCUT2D eigenvalue weighted by atomic mass is 16.2. The van der Waals surface area contributed by atoms with Gasteiger partial charge in [-0.15, -0.1) is 0 Å². The first-order chi connectivity index (χ1) is 12.4. The highest BCUT2D eigenvalue weighted by Crippen LogP contribution is 2.32. The van der Waals surface area contributed by atoms with Crippen molar-refractivity contribution in [1.29, 1.82) is 0 Å². The molecule has 2 amide bonds. The standard InChI is InChI=1S/C22H26N2O2/c1-14(2)18-10-5-6-11-19(18)23-22(26)17-12-20(25)24(13-17)21-15(3)8-7-9-16(21)4/h5-11,14,17H,12-13H2,1-4H3,(H,23,26). The predicted molar refractivity (Wildman–Crippen MR) is 106 cm³/mol. The molecule has 0 saturated carbocycles. The molecule has 0 spiro atoms. The summed E-state index contributed by atoms with van der Waals surface area (Å²) in [5.41, 5.74) is 5.01. The van der Waals surface area contributed by atoms with Crippen LogP contribution in [0.25, 0.3) is 0 Å². The Morgan fingerprint density at radius 2 is 1.73 bits per heavy atom. The van der Waals surface area contributed by atoms with Gasteiger partial charge < -0.3 is 10.2 Å². The van der Waals surface area contributed by atoms with Crippen LogP contribution in [0.5, 0.6) is 0 Å². The number of nitrogens with zero attached hydrogens (tertiary/aromatic N) is 1. The normalized spacial score (nSPS) is 17.0. The summed E-state index contributed by atoms with van der Waals surface area (Å²) >= 11 is 0. The van der Waals surface area contributed by atoms with Gasteiger partial charge in [0.05, 0.1) is 5.92 Å². The van der Waals surface area contributed by atoms with Gasteiger partial charge in [0.15, 0.2) is 0 Å². The Balaban J connectivity index is 1.78. The lowest BCUT2D eigenvalue weighted by molar-refractivity contribution is -0.122. The van der Waals surface area contributed by atoms with Crippen LogP contribution in [0.3, 0.4) is 0 Å². The molecule has 4 nitrogen and oxygen atoms in total. The van der Waals surface area contributed by atoms with Crippen LogP contribution in [0.1, 0.15) is 42.9 Å². The van der Waals surface area contributed by atoms with E-state index in [-0.39, 0.29) is 24.2 Å². The first kappa shape index (κ1) is 18.2. The van der Waals surface area contributed by atoms with Crippen LogP contribution in [-0.2, 0) is 9.59 Å². The predicted octanol–water partition coefficient (Wildman–Crippen LogP) is 4.42. The van der Waals surface area contributed by atoms with Gasteiger partial charge in [-0.25, -0.2) is 0 Å². The molecule has 3 rings (SSSR count). The molecule has 4 heteroatoms. The molecule has 1 heterocycles. The first-order valence-electron chi connectivity index (χ1n) is 9.15. The molecule has 136 valence electrons. The molecule has 1 aliphatic heterocycles. The molecule has 1 unspecified atom stereocenters. The number of hydrogen-bond acceptors (Lipinski definition) is 2. The number of nitrogens with one attached hydrogen (secondary N) is 1. The lowest BCUT2D eigenvalue weighted by atomic mass is 10.0. The summed E-state index contributed by atoms with van der Waals surface area (Å²) in [6, 6.07) is 13.8. The molecule has 2 aromatic carbocycles. The maximum Gasteiger partial charge on any atom is 0.229 e. The zero-order valence-corrected chi connectivity index (χ0v) is 15.9. The maximum absolute atomic E-state index is 12.8. The molecule has 1 fully saturated rings. The molecule has 0 aliphatic carbocycles. The number of benzene rings is 2. The second kappa shape index (κ2) is 7.32. The monoisotopic (exact) mass is 350 g/mol. The van der Waals surface area contributed by atoms with Crippen molar-refractivity contribution in [3.8, 4) is 0 Å². The molecule has 1 saturated heterocycles. The van der Waals surface area contributed by atoms with Gasteiger partial charge in [0.1, 0.15) is 0 Å². The van der Waals surface area contributed by atoms with Crippen molar-refractivity contribution in [2.75, 3.05) is 16.8 Å². The van der Waals surface area contributed by atoms with Gasteiger partial charge in [-0.05, 0) is 42.5 Å². The summed E-state index contributed by atoms with van der Waals surface area (Å²) < 4.78 is 0. The molecule has 1 N–H and O–H groups in total. The topological polar surface area (TPSA) is 49.4 Å². The number of carbonyl (C=O) groups is 2. The minimum absolute atomic E-state index is 0.0136. The highest BCUT2D eigenvalue weighted by molar-refractivity contribution is 6.04. The third-order valence-electron chi connectivity index (χ3n) is 5.05. The molecular formula is C22H26N2O2. The molecule has 1 aliphatic rings. The van der Waals surface area contributed by atoms with E-state index in [1.165, 1.54) is 0 Å². The minimum Gasteiger partial charge on any atom is -0.326 e. The zero-order chi connectivity index (χ0) is 18.8. The number of anilines is 2. The summed E-state index contributed by atoms with van der Waals surface area (Å²) in [4.78, 5) is 27.1. The Bertz CT molecular complexity index is 822. The quantitative estimate of drug-likeness (QED) is 0.887. The fourth-order valence-corrected chi connectivity index (χ4v) is 3.68. The summed E-state index contributed by atoms with van der Waals surface area (Å²) in [5.74, 6) is -0.0792. The molecule has 1 atom stereocenters. The Morgan fingerprint density at radius 1 is 1.08 bits per heavy atom. The number of amides is 2. The fraction of sp³-hybridized carbons (Fsp3) is 0.364. The number of rotatable bonds is 4. The molecular weight excluding hydrogens is 324 g/mol. The van der Waals surface area contributed by atoms with Gasteiger partial charge in [0.2, 0.25) is 11.8 Å². The summed E-state index contributed by atoms with van der Waals surface area (Å²) in [5, 5.41) is 3.04. The smallest absolute Gasteiger partial charge is 0.229 e.